The summed E-state index contributed by atoms with van der Waals surface area (Å²) in [6.45, 7) is 7.77. The molecular weight excluding hydrogens is 403 g/mol. The fourth-order valence-corrected chi connectivity index (χ4v) is 3.04. The van der Waals surface area contributed by atoms with Gasteiger partial charge < -0.3 is 15.2 Å². The molecule has 1 aliphatic rings. The van der Waals surface area contributed by atoms with Gasteiger partial charge in [0.05, 0.1) is 0 Å². The molecule has 1 aromatic heterocycles. The standard InChI is InChI=1S/C16H30N6.HI/c1-5-13-8-7-9-14(10-13)19-16(17-6-2)18-11-15-21-20-12(3)22(15)4;/h13-14H,5-11H2,1-4H3,(H2,17,18,19);1H. The molecule has 1 saturated carbocycles. The Bertz CT molecular complexity index is 499. The van der Waals surface area contributed by atoms with Gasteiger partial charge in [-0.3, -0.25) is 0 Å². The molecule has 0 amide bonds. The van der Waals surface area contributed by atoms with Gasteiger partial charge in [0.25, 0.3) is 0 Å². The molecule has 6 nitrogen and oxygen atoms in total. The van der Waals surface area contributed by atoms with Crippen molar-refractivity contribution in [2.24, 2.45) is 18.0 Å². The highest BCUT2D eigenvalue weighted by Gasteiger charge is 2.21. The summed E-state index contributed by atoms with van der Waals surface area (Å²) in [5, 5.41) is 15.2. The van der Waals surface area contributed by atoms with Gasteiger partial charge in [-0.15, -0.1) is 34.2 Å². The van der Waals surface area contributed by atoms with Crippen molar-refractivity contribution in [1.82, 2.24) is 25.4 Å². The van der Waals surface area contributed by atoms with Gasteiger partial charge in [0.2, 0.25) is 0 Å². The number of rotatable bonds is 5. The summed E-state index contributed by atoms with van der Waals surface area (Å²) in [6, 6.07) is 0.540. The maximum absolute atomic E-state index is 4.67. The van der Waals surface area contributed by atoms with Gasteiger partial charge >= 0.3 is 0 Å². The summed E-state index contributed by atoms with van der Waals surface area (Å²) >= 11 is 0. The minimum atomic E-state index is 0. The fourth-order valence-electron chi connectivity index (χ4n) is 3.04. The highest BCUT2D eigenvalue weighted by molar-refractivity contribution is 14.0. The third-order valence-corrected chi connectivity index (χ3v) is 4.61. The Kier molecular flexibility index (Phi) is 8.86. The van der Waals surface area contributed by atoms with Crippen LogP contribution in [0.2, 0.25) is 0 Å². The Morgan fingerprint density at radius 3 is 2.70 bits per heavy atom. The van der Waals surface area contributed by atoms with Crippen molar-refractivity contribution in [2.45, 2.75) is 65.5 Å². The van der Waals surface area contributed by atoms with E-state index in [0.717, 1.165) is 30.1 Å². The number of hydrogen-bond donors (Lipinski definition) is 2. The van der Waals surface area contributed by atoms with E-state index < -0.39 is 0 Å². The number of hydrogen-bond acceptors (Lipinski definition) is 3. The number of aromatic nitrogens is 3. The smallest absolute Gasteiger partial charge is 0.191 e. The largest absolute Gasteiger partial charge is 0.357 e. The van der Waals surface area contributed by atoms with E-state index in [9.17, 15) is 0 Å². The number of guanidine groups is 1. The summed E-state index contributed by atoms with van der Waals surface area (Å²) in [7, 11) is 1.98. The monoisotopic (exact) mass is 434 g/mol. The van der Waals surface area contributed by atoms with Crippen LogP contribution in [0.25, 0.3) is 0 Å². The average Bonchev–Trinajstić information content (AvgIpc) is 2.85. The Balaban J connectivity index is 0.00000264. The van der Waals surface area contributed by atoms with Gasteiger partial charge in [-0.25, -0.2) is 4.99 Å². The van der Waals surface area contributed by atoms with Crippen LogP contribution in [-0.2, 0) is 13.6 Å². The van der Waals surface area contributed by atoms with Crippen molar-refractivity contribution < 1.29 is 0 Å². The van der Waals surface area contributed by atoms with Crippen LogP contribution in [0.15, 0.2) is 4.99 Å². The molecule has 2 rings (SSSR count). The summed E-state index contributed by atoms with van der Waals surface area (Å²) in [5.41, 5.74) is 0. The summed E-state index contributed by atoms with van der Waals surface area (Å²) in [6.07, 6.45) is 6.47. The number of nitrogens with zero attached hydrogens (tertiary/aromatic N) is 4. The molecular formula is C16H31IN6. The summed E-state index contributed by atoms with van der Waals surface area (Å²) in [5.74, 6) is 3.56. The zero-order valence-electron chi connectivity index (χ0n) is 14.8. The second kappa shape index (κ2) is 10.1. The van der Waals surface area contributed by atoms with Crippen LogP contribution in [0.3, 0.4) is 0 Å². The van der Waals surface area contributed by atoms with Crippen molar-refractivity contribution in [3.63, 3.8) is 0 Å². The third kappa shape index (κ3) is 5.93. The first-order valence-electron chi connectivity index (χ1n) is 8.53. The van der Waals surface area contributed by atoms with E-state index in [1.165, 1.54) is 32.1 Å². The highest BCUT2D eigenvalue weighted by atomic mass is 127. The summed E-state index contributed by atoms with van der Waals surface area (Å²) < 4.78 is 1.99. The minimum Gasteiger partial charge on any atom is -0.357 e. The first-order valence-corrected chi connectivity index (χ1v) is 8.53. The Hall–Kier alpha value is -0.860. The second-order valence-corrected chi connectivity index (χ2v) is 6.20. The molecule has 2 unspecified atom stereocenters. The van der Waals surface area contributed by atoms with Crippen molar-refractivity contribution in [3.8, 4) is 0 Å². The lowest BCUT2D eigenvalue weighted by Crippen LogP contribution is -2.45. The molecule has 132 valence electrons. The molecule has 23 heavy (non-hydrogen) atoms. The van der Waals surface area contributed by atoms with Crippen LogP contribution in [0.4, 0.5) is 0 Å². The van der Waals surface area contributed by atoms with E-state index in [1.807, 2.05) is 18.5 Å². The lowest BCUT2D eigenvalue weighted by molar-refractivity contribution is 0.298. The first kappa shape index (κ1) is 20.2. The molecule has 1 heterocycles. The highest BCUT2D eigenvalue weighted by Crippen LogP contribution is 2.26. The lowest BCUT2D eigenvalue weighted by atomic mass is 9.84. The van der Waals surface area contributed by atoms with E-state index in [1.54, 1.807) is 0 Å². The van der Waals surface area contributed by atoms with E-state index >= 15 is 0 Å². The van der Waals surface area contributed by atoms with Gasteiger partial charge in [0.15, 0.2) is 11.8 Å². The predicted molar refractivity (Wildman–Crippen MR) is 105 cm³/mol. The molecule has 1 fully saturated rings. The fraction of sp³-hybridized carbons (Fsp3) is 0.812. The molecule has 0 aromatic carbocycles. The van der Waals surface area contributed by atoms with Gasteiger partial charge in [-0.2, -0.15) is 0 Å². The lowest BCUT2D eigenvalue weighted by Gasteiger charge is -2.30. The normalized spacial score (nSPS) is 21.7. The SMILES string of the molecule is CCNC(=NCc1nnc(C)n1C)NC1CCCC(CC)C1.I. The first-order chi connectivity index (χ1) is 10.6. The molecule has 0 bridgehead atoms. The number of aryl methyl sites for hydroxylation is 1. The van der Waals surface area contributed by atoms with E-state index in [-0.39, 0.29) is 24.0 Å². The molecule has 1 aliphatic carbocycles. The third-order valence-electron chi connectivity index (χ3n) is 4.61. The zero-order valence-corrected chi connectivity index (χ0v) is 17.1. The molecule has 0 saturated heterocycles. The molecule has 0 aliphatic heterocycles. The van der Waals surface area contributed by atoms with Crippen LogP contribution in [0.5, 0.6) is 0 Å². The molecule has 1 aromatic rings. The molecule has 2 N–H and O–H groups in total. The number of nitrogens with one attached hydrogen (secondary N) is 2. The van der Waals surface area contributed by atoms with Gasteiger partial charge in [0.1, 0.15) is 12.4 Å². The number of halogens is 1. The number of aliphatic imine (C=N–C) groups is 1. The summed E-state index contributed by atoms with van der Waals surface area (Å²) in [4.78, 5) is 4.67. The van der Waals surface area contributed by atoms with Crippen molar-refractivity contribution in [1.29, 1.82) is 0 Å². The average molecular weight is 434 g/mol. The Labute approximate surface area is 157 Å². The van der Waals surface area contributed by atoms with E-state index in [4.69, 9.17) is 0 Å². The van der Waals surface area contributed by atoms with Crippen LogP contribution < -0.4 is 10.6 Å². The van der Waals surface area contributed by atoms with Crippen molar-refractivity contribution >= 4 is 29.9 Å². The molecule has 0 radical (unpaired) electrons. The quantitative estimate of drug-likeness (QED) is 0.425. The molecule has 2 atom stereocenters. The maximum atomic E-state index is 4.67. The van der Waals surface area contributed by atoms with Crippen LogP contribution in [0, 0.1) is 12.8 Å². The zero-order chi connectivity index (χ0) is 15.9. The minimum absolute atomic E-state index is 0. The van der Waals surface area contributed by atoms with Crippen molar-refractivity contribution in [2.75, 3.05) is 6.54 Å². The molecule has 7 heteroatoms. The Morgan fingerprint density at radius 2 is 2.09 bits per heavy atom. The van der Waals surface area contributed by atoms with Gasteiger partial charge in [0, 0.05) is 19.6 Å². The Morgan fingerprint density at radius 1 is 1.30 bits per heavy atom. The van der Waals surface area contributed by atoms with E-state index in [0.29, 0.717) is 12.6 Å². The second-order valence-electron chi connectivity index (χ2n) is 6.20. The predicted octanol–water partition coefficient (Wildman–Crippen LogP) is 2.77. The maximum Gasteiger partial charge on any atom is 0.191 e. The molecule has 0 spiro atoms. The van der Waals surface area contributed by atoms with Crippen LogP contribution in [-0.4, -0.2) is 33.3 Å². The van der Waals surface area contributed by atoms with Gasteiger partial charge in [-0.05, 0) is 32.6 Å². The van der Waals surface area contributed by atoms with Crippen LogP contribution >= 0.6 is 24.0 Å². The van der Waals surface area contributed by atoms with Gasteiger partial charge in [-0.1, -0.05) is 26.2 Å². The van der Waals surface area contributed by atoms with Crippen LogP contribution in [0.1, 0.15) is 57.6 Å². The van der Waals surface area contributed by atoms with Crippen molar-refractivity contribution in [3.05, 3.63) is 11.6 Å². The topological polar surface area (TPSA) is 67.1 Å². The van der Waals surface area contributed by atoms with E-state index in [2.05, 4.69) is 39.7 Å².